The minimum atomic E-state index is 0.297. The zero-order chi connectivity index (χ0) is 22.2. The van der Waals surface area contributed by atoms with E-state index in [1.807, 2.05) is 41.5 Å². The van der Waals surface area contributed by atoms with Gasteiger partial charge in [0.05, 0.1) is 13.1 Å². The van der Waals surface area contributed by atoms with E-state index in [1.165, 1.54) is 11.1 Å². The molecule has 0 fully saturated rings. The second-order valence-electron chi connectivity index (χ2n) is 7.52. The first-order valence-electron chi connectivity index (χ1n) is 9.38. The largest absolute Gasteiger partial charge is 0.383 e. The Morgan fingerprint density at radius 3 is 1.34 bits per heavy atom. The highest BCUT2D eigenvalue weighted by Gasteiger charge is 2.25. The summed E-state index contributed by atoms with van der Waals surface area (Å²) in [4.78, 5) is 10.9. The van der Waals surface area contributed by atoms with Crippen molar-refractivity contribution in [2.24, 2.45) is 10.7 Å². The lowest BCUT2D eigenvalue weighted by atomic mass is 9.89. The van der Waals surface area contributed by atoms with Gasteiger partial charge >= 0.3 is 0 Å². The smallest absolute Gasteiger partial charge is 0.198 e. The van der Waals surface area contributed by atoms with Crippen LogP contribution in [0.15, 0.2) is 4.99 Å². The minimum absolute atomic E-state index is 0.297. The highest BCUT2D eigenvalue weighted by Crippen LogP contribution is 2.39. The van der Waals surface area contributed by atoms with Crippen molar-refractivity contribution >= 4 is 23.0 Å². The number of amidine groups is 2. The lowest BCUT2D eigenvalue weighted by Crippen LogP contribution is -2.14. The second kappa shape index (κ2) is 7.89. The molecule has 0 radical (unpaired) electrons. The van der Waals surface area contributed by atoms with Gasteiger partial charge in [-0.1, -0.05) is 36.1 Å². The lowest BCUT2D eigenvalue weighted by molar-refractivity contribution is 1.20. The highest BCUT2D eigenvalue weighted by molar-refractivity contribution is 6.22. The summed E-state index contributed by atoms with van der Waals surface area (Å²) in [5, 5.41) is 7.80. The summed E-state index contributed by atoms with van der Waals surface area (Å²) in [5.74, 6) is 0.782. The van der Waals surface area contributed by atoms with Gasteiger partial charge in [0.2, 0.25) is 0 Å². The number of benzene rings is 2. The van der Waals surface area contributed by atoms with E-state index in [4.69, 9.17) is 24.3 Å². The summed E-state index contributed by atoms with van der Waals surface area (Å²) in [5.41, 5.74) is 17.6. The Balaban J connectivity index is 0.000000208. The van der Waals surface area contributed by atoms with Gasteiger partial charge in [-0.05, 0) is 63.8 Å². The van der Waals surface area contributed by atoms with Crippen molar-refractivity contribution in [2.45, 2.75) is 55.4 Å². The summed E-state index contributed by atoms with van der Waals surface area (Å²) in [6.07, 6.45) is 0. The van der Waals surface area contributed by atoms with E-state index in [9.17, 15) is 0 Å². The minimum Gasteiger partial charge on any atom is -0.383 e. The molecule has 0 aliphatic carbocycles. The molecule has 0 aromatic heterocycles. The summed E-state index contributed by atoms with van der Waals surface area (Å²) >= 11 is 0. The third-order valence-electron chi connectivity index (χ3n) is 6.26. The summed E-state index contributed by atoms with van der Waals surface area (Å²) in [6.45, 7) is 30.2. The average molecular weight is 386 g/mol. The Labute approximate surface area is 173 Å². The topological polar surface area (TPSA) is 71.0 Å². The van der Waals surface area contributed by atoms with Gasteiger partial charge in [0.25, 0.3) is 0 Å². The van der Waals surface area contributed by atoms with E-state index in [0.717, 1.165) is 44.5 Å². The molecule has 0 saturated carbocycles. The number of nitrogens with zero attached hydrogens (tertiary/aromatic N) is 3. The van der Waals surface area contributed by atoms with Crippen molar-refractivity contribution in [3.8, 4) is 0 Å². The van der Waals surface area contributed by atoms with Crippen LogP contribution in [-0.4, -0.2) is 11.7 Å². The number of hydrogen-bond acceptors (Lipinski definition) is 2. The average Bonchev–Trinajstić information content (AvgIpc) is 3.00. The summed E-state index contributed by atoms with van der Waals surface area (Å²) < 4.78 is 0. The Morgan fingerprint density at radius 2 is 0.966 bits per heavy atom. The zero-order valence-corrected chi connectivity index (χ0v) is 18.4. The van der Waals surface area contributed by atoms with Gasteiger partial charge in [0, 0.05) is 11.1 Å². The standard InChI is InChI=1S/C12H15N3.C12H12N2/c1-5-6(2)8(4)10-9(7(5)3)11(13)15-12(10)14;1-7-8(2)10(4)12(14-6)11(13-5)9(7)3/h1-4H3,(H3,13,14,15);1-4H3. The fraction of sp³-hybridized carbons (Fsp3) is 0.333. The van der Waals surface area contributed by atoms with Crippen LogP contribution in [0.3, 0.4) is 0 Å². The molecule has 0 atom stereocenters. The molecule has 29 heavy (non-hydrogen) atoms. The Kier molecular flexibility index (Phi) is 5.95. The van der Waals surface area contributed by atoms with Crippen LogP contribution >= 0.6 is 0 Å². The number of hydrogen-bond donors (Lipinski definition) is 2. The number of fused-ring (bicyclic) bond motifs is 1. The molecule has 3 N–H and O–H groups in total. The van der Waals surface area contributed by atoms with Crippen LogP contribution in [0.1, 0.15) is 55.6 Å². The van der Waals surface area contributed by atoms with Gasteiger partial charge in [-0.15, -0.1) is 0 Å². The third-order valence-corrected chi connectivity index (χ3v) is 6.26. The molecule has 5 heteroatoms. The molecule has 2 aromatic rings. The van der Waals surface area contributed by atoms with Crippen LogP contribution in [0.2, 0.25) is 0 Å². The quantitative estimate of drug-likeness (QED) is 0.538. The predicted molar refractivity (Wildman–Crippen MR) is 121 cm³/mol. The fourth-order valence-corrected chi connectivity index (χ4v) is 3.71. The second-order valence-corrected chi connectivity index (χ2v) is 7.52. The van der Waals surface area contributed by atoms with Gasteiger partial charge < -0.3 is 5.73 Å². The van der Waals surface area contributed by atoms with Gasteiger partial charge in [-0.25, -0.2) is 14.7 Å². The van der Waals surface area contributed by atoms with Crippen molar-refractivity contribution < 1.29 is 0 Å². The van der Waals surface area contributed by atoms with E-state index in [1.54, 1.807) is 0 Å². The Bertz CT molecular complexity index is 1120. The van der Waals surface area contributed by atoms with Crippen LogP contribution in [0.25, 0.3) is 9.69 Å². The van der Waals surface area contributed by atoms with Crippen LogP contribution in [0, 0.1) is 73.9 Å². The first kappa shape index (κ1) is 21.9. The highest BCUT2D eigenvalue weighted by atomic mass is 14.9. The molecule has 148 valence electrons. The Morgan fingerprint density at radius 1 is 0.621 bits per heavy atom. The van der Waals surface area contributed by atoms with E-state index in [0.29, 0.717) is 23.0 Å². The molecule has 2 aromatic carbocycles. The SMILES string of the molecule is Cc1c(C)c(C)c2c(c1C)C(=N)N=C2N.[C-]#[N+]c1c(C)c(C)c(C)c(C)c1[N+]#[C-]. The van der Waals surface area contributed by atoms with Gasteiger partial charge in [-0.3, -0.25) is 5.41 Å². The van der Waals surface area contributed by atoms with Gasteiger partial charge in [0.15, 0.2) is 17.2 Å². The predicted octanol–water partition coefficient (Wildman–Crippen LogP) is 5.99. The number of rotatable bonds is 0. The maximum Gasteiger partial charge on any atom is 0.198 e. The molecular weight excluding hydrogens is 358 g/mol. The van der Waals surface area contributed by atoms with E-state index < -0.39 is 0 Å². The molecule has 0 spiro atoms. The summed E-state index contributed by atoms with van der Waals surface area (Å²) in [6, 6.07) is 0. The Hall–Kier alpha value is -3.44. The molecule has 5 nitrogen and oxygen atoms in total. The van der Waals surface area contributed by atoms with Gasteiger partial charge in [-0.2, -0.15) is 0 Å². The molecule has 0 saturated heterocycles. The molecule has 0 unspecified atom stereocenters. The van der Waals surface area contributed by atoms with Crippen LogP contribution in [-0.2, 0) is 0 Å². The van der Waals surface area contributed by atoms with Crippen molar-refractivity contribution in [3.05, 3.63) is 78.5 Å². The number of nitrogens with two attached hydrogens (primary N) is 1. The first-order valence-corrected chi connectivity index (χ1v) is 9.38. The van der Waals surface area contributed by atoms with Crippen molar-refractivity contribution in [3.63, 3.8) is 0 Å². The number of aliphatic imine (C=N–C) groups is 1. The first-order chi connectivity index (χ1) is 13.5. The molecule has 3 rings (SSSR count). The lowest BCUT2D eigenvalue weighted by Gasteiger charge is -2.14. The zero-order valence-electron chi connectivity index (χ0n) is 18.4. The van der Waals surface area contributed by atoms with Crippen molar-refractivity contribution in [1.29, 1.82) is 5.41 Å². The molecular formula is C24H27N5. The van der Waals surface area contributed by atoms with E-state index >= 15 is 0 Å². The van der Waals surface area contributed by atoms with E-state index in [-0.39, 0.29) is 0 Å². The van der Waals surface area contributed by atoms with E-state index in [2.05, 4.69) is 28.5 Å². The van der Waals surface area contributed by atoms with Crippen molar-refractivity contribution in [2.75, 3.05) is 0 Å². The maximum absolute atomic E-state index is 7.80. The third kappa shape index (κ3) is 3.41. The normalized spacial score (nSPS) is 11.8. The van der Waals surface area contributed by atoms with Crippen molar-refractivity contribution in [1.82, 2.24) is 0 Å². The number of nitrogens with one attached hydrogen (secondary N) is 1. The maximum atomic E-state index is 7.80. The molecule has 1 heterocycles. The summed E-state index contributed by atoms with van der Waals surface area (Å²) in [7, 11) is 0. The molecule has 0 bridgehead atoms. The molecule has 1 aliphatic heterocycles. The van der Waals surface area contributed by atoms with Crippen LogP contribution < -0.4 is 5.73 Å². The monoisotopic (exact) mass is 385 g/mol. The molecule has 0 amide bonds. The van der Waals surface area contributed by atoms with Gasteiger partial charge in [0.1, 0.15) is 5.84 Å². The molecule has 1 aliphatic rings. The van der Waals surface area contributed by atoms with Crippen LogP contribution in [0.5, 0.6) is 0 Å². The fourth-order valence-electron chi connectivity index (χ4n) is 3.71. The van der Waals surface area contributed by atoms with Crippen LogP contribution in [0.4, 0.5) is 11.4 Å².